The first-order valence-corrected chi connectivity index (χ1v) is 12.2. The number of oxime groups is 1. The Hall–Kier alpha value is -3.24. The van der Waals surface area contributed by atoms with E-state index < -0.39 is 5.91 Å². The number of halogens is 1. The highest BCUT2D eigenvalue weighted by molar-refractivity contribution is 9.10. The molecule has 3 aromatic rings. The number of aromatic nitrogens is 1. The molecule has 186 valence electrons. The van der Waals surface area contributed by atoms with Crippen LogP contribution in [0, 0.1) is 0 Å². The van der Waals surface area contributed by atoms with E-state index in [1.807, 2.05) is 30.3 Å². The monoisotopic (exact) mass is 543 g/mol. The molecule has 0 unspecified atom stereocenters. The predicted octanol–water partition coefficient (Wildman–Crippen LogP) is 5.86. The minimum Gasteiger partial charge on any atom is -0.497 e. The van der Waals surface area contributed by atoms with Crippen LogP contribution in [-0.2, 0) is 16.3 Å². The maximum Gasteiger partial charge on any atom is 0.304 e. The van der Waals surface area contributed by atoms with Gasteiger partial charge in [0.25, 0.3) is 0 Å². The van der Waals surface area contributed by atoms with Crippen molar-refractivity contribution in [3.63, 3.8) is 0 Å². The SMILES string of the molecule is CCCN(CCC)Cn1c(O)c(N=NC(=O)CO/N=C\c2ccc(OC)cc2)c2cc(Br)ccc21. The molecule has 0 saturated carbocycles. The normalized spacial score (nSPS) is 11.8. The van der Waals surface area contributed by atoms with Crippen LogP contribution in [0.1, 0.15) is 32.3 Å². The minimum atomic E-state index is -0.620. The standard InChI is InChI=1S/C25H30BrN5O4/c1-4-12-30(13-5-2)17-31-22-11-8-19(26)14-21(22)24(25(31)33)29-28-23(32)16-35-27-15-18-6-9-20(34-3)10-7-18/h6-11,14-15,33H,4-5,12-13,16-17H2,1-3H3/b27-15-,29-28?. The molecule has 0 radical (unpaired) electrons. The summed E-state index contributed by atoms with van der Waals surface area (Å²) >= 11 is 3.47. The Morgan fingerprint density at radius 2 is 1.86 bits per heavy atom. The molecule has 35 heavy (non-hydrogen) atoms. The van der Waals surface area contributed by atoms with Gasteiger partial charge in [0.1, 0.15) is 5.75 Å². The number of hydrogen-bond acceptors (Lipinski definition) is 7. The van der Waals surface area contributed by atoms with Gasteiger partial charge in [-0.05, 0) is 74.0 Å². The number of aromatic hydroxyl groups is 1. The van der Waals surface area contributed by atoms with Crippen LogP contribution in [0.5, 0.6) is 11.6 Å². The van der Waals surface area contributed by atoms with Crippen LogP contribution in [0.2, 0.25) is 0 Å². The van der Waals surface area contributed by atoms with Gasteiger partial charge in [-0.3, -0.25) is 14.3 Å². The lowest BCUT2D eigenvalue weighted by atomic mass is 10.2. The average molecular weight is 544 g/mol. The summed E-state index contributed by atoms with van der Waals surface area (Å²) in [6, 6.07) is 12.9. The Labute approximate surface area is 213 Å². The van der Waals surface area contributed by atoms with Gasteiger partial charge < -0.3 is 14.7 Å². The molecule has 1 aromatic heterocycles. The van der Waals surface area contributed by atoms with E-state index in [4.69, 9.17) is 9.57 Å². The fraction of sp³-hybridized carbons (Fsp3) is 0.360. The summed E-state index contributed by atoms with van der Waals surface area (Å²) in [7, 11) is 1.59. The van der Waals surface area contributed by atoms with Gasteiger partial charge in [0.05, 0.1) is 25.5 Å². The van der Waals surface area contributed by atoms with Crippen molar-refractivity contribution >= 4 is 44.6 Å². The number of benzene rings is 2. The summed E-state index contributed by atoms with van der Waals surface area (Å²) in [6.45, 7) is 6.21. The van der Waals surface area contributed by atoms with E-state index in [0.717, 1.165) is 47.2 Å². The number of carbonyl (C=O) groups is 1. The molecule has 0 aliphatic rings. The topological polar surface area (TPSA) is 101 Å². The lowest BCUT2D eigenvalue weighted by molar-refractivity contribution is -0.122. The predicted molar refractivity (Wildman–Crippen MR) is 140 cm³/mol. The largest absolute Gasteiger partial charge is 0.497 e. The number of hydrogen-bond donors (Lipinski definition) is 1. The third kappa shape index (κ3) is 7.12. The van der Waals surface area contributed by atoms with E-state index in [9.17, 15) is 9.90 Å². The van der Waals surface area contributed by atoms with E-state index in [-0.39, 0.29) is 18.2 Å². The maximum atomic E-state index is 12.2. The van der Waals surface area contributed by atoms with Crippen LogP contribution < -0.4 is 4.74 Å². The second-order valence-corrected chi connectivity index (χ2v) is 8.81. The highest BCUT2D eigenvalue weighted by atomic mass is 79.9. The van der Waals surface area contributed by atoms with Crippen LogP contribution in [0.15, 0.2) is 62.3 Å². The lowest BCUT2D eigenvalue weighted by Gasteiger charge is -2.22. The van der Waals surface area contributed by atoms with Gasteiger partial charge in [0, 0.05) is 9.86 Å². The zero-order valence-corrected chi connectivity index (χ0v) is 21.7. The van der Waals surface area contributed by atoms with Gasteiger partial charge in [-0.15, -0.1) is 10.2 Å². The molecule has 1 N–H and O–H groups in total. The number of amides is 1. The van der Waals surface area contributed by atoms with Gasteiger partial charge >= 0.3 is 5.91 Å². The first-order valence-electron chi connectivity index (χ1n) is 11.4. The second-order valence-electron chi connectivity index (χ2n) is 7.90. The van der Waals surface area contributed by atoms with Gasteiger partial charge in [-0.1, -0.05) is 34.9 Å². The molecule has 0 atom stereocenters. The van der Waals surface area contributed by atoms with Crippen molar-refractivity contribution in [1.29, 1.82) is 0 Å². The van der Waals surface area contributed by atoms with E-state index in [1.165, 1.54) is 6.21 Å². The summed E-state index contributed by atoms with van der Waals surface area (Å²) in [4.78, 5) is 19.5. The fourth-order valence-electron chi connectivity index (χ4n) is 3.64. The van der Waals surface area contributed by atoms with Crippen molar-refractivity contribution in [3.05, 3.63) is 52.5 Å². The number of azo groups is 1. The summed E-state index contributed by atoms with van der Waals surface area (Å²) in [6.07, 6.45) is 3.50. The Kier molecular flexibility index (Phi) is 9.80. The van der Waals surface area contributed by atoms with E-state index in [2.05, 4.69) is 50.1 Å². The summed E-state index contributed by atoms with van der Waals surface area (Å²) in [5.41, 5.74) is 1.84. The van der Waals surface area contributed by atoms with Gasteiger partial charge in [-0.25, -0.2) is 0 Å². The highest BCUT2D eigenvalue weighted by Gasteiger charge is 2.19. The quantitative estimate of drug-likeness (QED) is 0.175. The van der Waals surface area contributed by atoms with Crippen molar-refractivity contribution in [2.24, 2.45) is 15.4 Å². The van der Waals surface area contributed by atoms with Gasteiger partial charge in [-0.2, -0.15) is 0 Å². The number of nitrogens with zero attached hydrogens (tertiary/aromatic N) is 5. The summed E-state index contributed by atoms with van der Waals surface area (Å²) in [5, 5.41) is 23.3. The average Bonchev–Trinajstić information content (AvgIpc) is 3.11. The molecular formula is C25H30BrN5O4. The molecule has 0 fully saturated rings. The highest BCUT2D eigenvalue weighted by Crippen LogP contribution is 2.40. The number of ether oxygens (including phenoxy) is 1. The molecule has 0 saturated heterocycles. The Bertz CT molecular complexity index is 1180. The molecule has 1 amide bonds. The first kappa shape index (κ1) is 26.4. The fourth-order valence-corrected chi connectivity index (χ4v) is 4.00. The second kappa shape index (κ2) is 13.0. The Morgan fingerprint density at radius 3 is 2.51 bits per heavy atom. The van der Waals surface area contributed by atoms with Crippen LogP contribution in [0.25, 0.3) is 10.9 Å². The van der Waals surface area contributed by atoms with Crippen molar-refractivity contribution in [2.45, 2.75) is 33.4 Å². The van der Waals surface area contributed by atoms with Crippen LogP contribution in [-0.4, -0.2) is 53.5 Å². The maximum absolute atomic E-state index is 12.2. The zero-order chi connectivity index (χ0) is 25.2. The molecular weight excluding hydrogens is 514 g/mol. The summed E-state index contributed by atoms with van der Waals surface area (Å²) in [5.74, 6) is 0.0785. The Balaban J connectivity index is 1.72. The van der Waals surface area contributed by atoms with E-state index in [0.29, 0.717) is 12.1 Å². The smallest absolute Gasteiger partial charge is 0.304 e. The first-order chi connectivity index (χ1) is 17.0. The molecule has 1 heterocycles. The van der Waals surface area contributed by atoms with Crippen molar-refractivity contribution in [1.82, 2.24) is 9.47 Å². The number of rotatable bonds is 12. The van der Waals surface area contributed by atoms with Crippen molar-refractivity contribution in [2.75, 3.05) is 26.8 Å². The van der Waals surface area contributed by atoms with Crippen molar-refractivity contribution < 1.29 is 19.5 Å². The van der Waals surface area contributed by atoms with Crippen LogP contribution in [0.3, 0.4) is 0 Å². The van der Waals surface area contributed by atoms with E-state index >= 15 is 0 Å². The summed E-state index contributed by atoms with van der Waals surface area (Å²) < 4.78 is 7.73. The molecule has 3 rings (SSSR count). The number of carbonyl (C=O) groups excluding carboxylic acids is 1. The molecule has 0 aliphatic carbocycles. The lowest BCUT2D eigenvalue weighted by Crippen LogP contribution is -2.27. The molecule has 10 heteroatoms. The van der Waals surface area contributed by atoms with Gasteiger partial charge in [0.2, 0.25) is 5.88 Å². The van der Waals surface area contributed by atoms with Crippen LogP contribution in [0.4, 0.5) is 5.69 Å². The van der Waals surface area contributed by atoms with E-state index in [1.54, 1.807) is 23.8 Å². The third-order valence-electron chi connectivity index (χ3n) is 5.23. The third-order valence-corrected chi connectivity index (χ3v) is 5.73. The minimum absolute atomic E-state index is 0.0368. The zero-order valence-electron chi connectivity index (χ0n) is 20.1. The number of methoxy groups -OCH3 is 1. The molecule has 2 aromatic carbocycles. The van der Waals surface area contributed by atoms with Crippen LogP contribution >= 0.6 is 15.9 Å². The van der Waals surface area contributed by atoms with Crippen molar-refractivity contribution in [3.8, 4) is 11.6 Å². The molecule has 9 nitrogen and oxygen atoms in total. The molecule has 0 bridgehead atoms. The Morgan fingerprint density at radius 1 is 1.14 bits per heavy atom. The van der Waals surface area contributed by atoms with Gasteiger partial charge in [0.15, 0.2) is 12.3 Å². The molecule has 0 aliphatic heterocycles. The molecule has 0 spiro atoms. The number of fused-ring (bicyclic) bond motifs is 1.